The first kappa shape index (κ1) is 25.0. The van der Waals surface area contributed by atoms with Gasteiger partial charge in [-0.3, -0.25) is 14.8 Å². The molecule has 188 valence electrons. The number of carbonyl (C=O) groups excluding carboxylic acids is 2. The Hall–Kier alpha value is -4.13. The summed E-state index contributed by atoms with van der Waals surface area (Å²) in [5.74, 6) is -0.352. The summed E-state index contributed by atoms with van der Waals surface area (Å²) in [6.45, 7) is 0.0718. The van der Waals surface area contributed by atoms with Crippen molar-refractivity contribution in [2.45, 2.75) is 12.7 Å². The molecule has 4 rings (SSSR count). The van der Waals surface area contributed by atoms with Gasteiger partial charge in [0.05, 0.1) is 46.1 Å². The Morgan fingerprint density at radius 1 is 1.08 bits per heavy atom. The lowest BCUT2D eigenvalue weighted by atomic mass is 10.1. The summed E-state index contributed by atoms with van der Waals surface area (Å²) in [7, 11) is 3.25. The van der Waals surface area contributed by atoms with Gasteiger partial charge >= 0.3 is 18.2 Å². The molecule has 0 spiro atoms. The van der Waals surface area contributed by atoms with Crippen LogP contribution in [0.2, 0.25) is 5.02 Å². The molecule has 36 heavy (non-hydrogen) atoms. The van der Waals surface area contributed by atoms with Crippen LogP contribution in [-0.2, 0) is 12.7 Å². The van der Waals surface area contributed by atoms with Gasteiger partial charge in [0.25, 0.3) is 0 Å². The minimum absolute atomic E-state index is 0.0718. The molecule has 3 heterocycles. The van der Waals surface area contributed by atoms with Gasteiger partial charge in [-0.2, -0.15) is 13.2 Å². The molecule has 0 fully saturated rings. The highest BCUT2D eigenvalue weighted by molar-refractivity contribution is 6.34. The number of amides is 4. The number of fused-ring (bicyclic) bond motifs is 1. The van der Waals surface area contributed by atoms with E-state index in [0.29, 0.717) is 29.3 Å². The van der Waals surface area contributed by atoms with Crippen molar-refractivity contribution in [3.05, 3.63) is 64.8 Å². The maximum atomic E-state index is 14.6. The first-order valence-corrected chi connectivity index (χ1v) is 10.7. The fourth-order valence-electron chi connectivity index (χ4n) is 3.54. The molecule has 2 aromatic heterocycles. The van der Waals surface area contributed by atoms with Gasteiger partial charge in [0, 0.05) is 38.1 Å². The van der Waals surface area contributed by atoms with E-state index in [9.17, 15) is 27.2 Å². The van der Waals surface area contributed by atoms with Crippen molar-refractivity contribution < 1.29 is 27.2 Å². The van der Waals surface area contributed by atoms with Gasteiger partial charge < -0.3 is 16.0 Å². The molecule has 14 heteroatoms. The molecule has 4 amide bonds. The van der Waals surface area contributed by atoms with Crippen LogP contribution in [0.25, 0.3) is 0 Å². The van der Waals surface area contributed by atoms with Crippen molar-refractivity contribution in [3.63, 3.8) is 0 Å². The van der Waals surface area contributed by atoms with Gasteiger partial charge in [-0.25, -0.2) is 19.0 Å². The molecule has 0 saturated heterocycles. The van der Waals surface area contributed by atoms with Crippen LogP contribution in [0.5, 0.6) is 0 Å². The molecular formula is C22H18ClF4N7O2. The number of anilines is 5. The molecule has 1 aromatic carbocycles. The molecule has 0 saturated carbocycles. The molecule has 1 aliphatic heterocycles. The number of aromatic nitrogens is 2. The Morgan fingerprint density at radius 2 is 1.83 bits per heavy atom. The zero-order chi connectivity index (χ0) is 26.2. The Morgan fingerprint density at radius 3 is 2.53 bits per heavy atom. The maximum absolute atomic E-state index is 14.6. The van der Waals surface area contributed by atoms with Crippen LogP contribution >= 0.6 is 11.6 Å². The number of rotatable bonds is 4. The normalized spacial score (nSPS) is 13.4. The zero-order valence-corrected chi connectivity index (χ0v) is 19.5. The smallest absolute Gasteiger partial charge is 0.373 e. The molecule has 0 unspecified atom stereocenters. The molecule has 3 N–H and O–H groups in total. The Balaban J connectivity index is 1.58. The predicted molar refractivity (Wildman–Crippen MR) is 127 cm³/mol. The molecular weight excluding hydrogens is 506 g/mol. The van der Waals surface area contributed by atoms with Crippen LogP contribution in [0.1, 0.15) is 11.1 Å². The largest absolute Gasteiger partial charge is 0.417 e. The predicted octanol–water partition coefficient (Wildman–Crippen LogP) is 5.55. The van der Waals surface area contributed by atoms with E-state index in [0.717, 1.165) is 18.3 Å². The molecule has 0 aliphatic carbocycles. The highest BCUT2D eigenvalue weighted by Crippen LogP contribution is 2.37. The van der Waals surface area contributed by atoms with Crippen LogP contribution in [0.3, 0.4) is 0 Å². The monoisotopic (exact) mass is 523 g/mol. The van der Waals surface area contributed by atoms with Gasteiger partial charge in [0.15, 0.2) is 0 Å². The number of halogens is 5. The number of urea groups is 2. The Kier molecular flexibility index (Phi) is 6.59. The molecule has 9 nitrogen and oxygen atoms in total. The molecule has 0 bridgehead atoms. The van der Waals surface area contributed by atoms with Gasteiger partial charge in [0.2, 0.25) is 0 Å². The van der Waals surface area contributed by atoms with Crippen molar-refractivity contribution >= 4 is 52.2 Å². The molecule has 1 aliphatic rings. The first-order chi connectivity index (χ1) is 17.0. The summed E-state index contributed by atoms with van der Waals surface area (Å²) < 4.78 is 53.2. The standard InChI is InChI=1S/C22H18ClF4N7O2/c1-28-19-6-17-11(7-30-19)10-34(21(36)33(17)2)18-5-16(15(24)4-14(18)23)32-20(35)31-13-3-12(8-29-9-13)22(25,26)27/h3-9H,10H2,1-2H3,(H,28,30)(H2,31,32,35). The summed E-state index contributed by atoms with van der Waals surface area (Å²) in [6, 6.07) is 2.98. The second kappa shape index (κ2) is 9.49. The van der Waals surface area contributed by atoms with Gasteiger partial charge in [-0.05, 0) is 18.2 Å². The highest BCUT2D eigenvalue weighted by atomic mass is 35.5. The summed E-state index contributed by atoms with van der Waals surface area (Å²) >= 11 is 6.23. The average Bonchev–Trinajstić information content (AvgIpc) is 2.82. The van der Waals surface area contributed by atoms with Crippen LogP contribution in [0, 0.1) is 5.82 Å². The third-order valence-electron chi connectivity index (χ3n) is 5.32. The van der Waals surface area contributed by atoms with Crippen molar-refractivity contribution in [2.24, 2.45) is 0 Å². The lowest BCUT2D eigenvalue weighted by Gasteiger charge is -2.35. The number of nitrogens with zero attached hydrogens (tertiary/aromatic N) is 4. The zero-order valence-electron chi connectivity index (χ0n) is 18.7. The quantitative estimate of drug-likeness (QED) is 0.389. The average molecular weight is 524 g/mol. The lowest BCUT2D eigenvalue weighted by molar-refractivity contribution is -0.137. The third kappa shape index (κ3) is 4.96. The van der Waals surface area contributed by atoms with Crippen molar-refractivity contribution in [3.8, 4) is 0 Å². The lowest BCUT2D eigenvalue weighted by Crippen LogP contribution is -2.45. The second-order valence-electron chi connectivity index (χ2n) is 7.70. The fourth-order valence-corrected chi connectivity index (χ4v) is 3.79. The van der Waals surface area contributed by atoms with E-state index < -0.39 is 29.6 Å². The fraction of sp³-hybridized carbons (Fsp3) is 0.182. The van der Waals surface area contributed by atoms with Crippen LogP contribution in [0.15, 0.2) is 42.9 Å². The van der Waals surface area contributed by atoms with Gasteiger partial charge in [-0.1, -0.05) is 11.6 Å². The van der Waals surface area contributed by atoms with Crippen molar-refractivity contribution in [1.29, 1.82) is 0 Å². The van der Waals surface area contributed by atoms with Gasteiger partial charge in [-0.15, -0.1) is 0 Å². The minimum atomic E-state index is -4.66. The van der Waals surface area contributed by atoms with E-state index in [2.05, 4.69) is 25.9 Å². The molecule has 0 atom stereocenters. The number of hydrogen-bond acceptors (Lipinski definition) is 5. The third-order valence-corrected chi connectivity index (χ3v) is 5.63. The number of hydrogen-bond donors (Lipinski definition) is 3. The molecule has 0 radical (unpaired) electrons. The minimum Gasteiger partial charge on any atom is -0.373 e. The van der Waals surface area contributed by atoms with Crippen LogP contribution < -0.4 is 25.8 Å². The highest BCUT2D eigenvalue weighted by Gasteiger charge is 2.32. The SMILES string of the molecule is CNc1cc2c(cn1)CN(c1cc(NC(=O)Nc3cncc(C(F)(F)F)c3)c(F)cc1Cl)C(=O)N2C. The molecule has 3 aromatic rings. The van der Waals surface area contributed by atoms with E-state index in [-0.39, 0.29) is 28.6 Å². The summed E-state index contributed by atoms with van der Waals surface area (Å²) in [5.41, 5.74) is -0.243. The second-order valence-corrected chi connectivity index (χ2v) is 8.11. The summed E-state index contributed by atoms with van der Waals surface area (Å²) in [4.78, 5) is 35.8. The van der Waals surface area contributed by atoms with E-state index in [1.807, 2.05) is 0 Å². The number of carbonyl (C=O) groups is 2. The number of pyridine rings is 2. The van der Waals surface area contributed by atoms with Crippen LogP contribution in [0.4, 0.5) is 55.7 Å². The van der Waals surface area contributed by atoms with E-state index in [1.165, 1.54) is 9.80 Å². The van der Waals surface area contributed by atoms with Crippen LogP contribution in [-0.4, -0.2) is 36.1 Å². The Bertz CT molecular complexity index is 1350. The topological polar surface area (TPSA) is 102 Å². The summed E-state index contributed by atoms with van der Waals surface area (Å²) in [6.07, 6.45) is -1.46. The Labute approximate surface area is 207 Å². The van der Waals surface area contributed by atoms with Gasteiger partial charge in [0.1, 0.15) is 11.6 Å². The number of alkyl halides is 3. The maximum Gasteiger partial charge on any atom is 0.417 e. The van der Waals surface area contributed by atoms with E-state index in [4.69, 9.17) is 11.6 Å². The number of nitrogens with one attached hydrogen (secondary N) is 3. The van der Waals surface area contributed by atoms with E-state index >= 15 is 0 Å². The van der Waals surface area contributed by atoms with E-state index in [1.54, 1.807) is 26.4 Å². The van der Waals surface area contributed by atoms with Crippen molar-refractivity contribution in [2.75, 3.05) is 39.8 Å². The van der Waals surface area contributed by atoms with Crippen molar-refractivity contribution in [1.82, 2.24) is 9.97 Å². The summed E-state index contributed by atoms with van der Waals surface area (Å²) in [5, 5.41) is 7.19. The first-order valence-electron chi connectivity index (χ1n) is 10.3. The number of benzene rings is 1.